The Morgan fingerprint density at radius 2 is 2.09 bits per heavy atom. The van der Waals surface area contributed by atoms with Gasteiger partial charge in [0.05, 0.1) is 24.5 Å². The summed E-state index contributed by atoms with van der Waals surface area (Å²) in [5.41, 5.74) is 0. The van der Waals surface area contributed by atoms with Gasteiger partial charge in [-0.25, -0.2) is 0 Å². The zero-order chi connectivity index (χ0) is 15.9. The van der Waals surface area contributed by atoms with Gasteiger partial charge in [0.1, 0.15) is 11.8 Å². The van der Waals surface area contributed by atoms with Gasteiger partial charge in [-0.15, -0.1) is 0 Å². The Labute approximate surface area is 128 Å². The molecule has 2 heterocycles. The first-order valence-electron chi connectivity index (χ1n) is 7.61. The molecule has 1 aromatic rings. The molecule has 1 N–H and O–H groups in total. The van der Waals surface area contributed by atoms with Crippen molar-refractivity contribution >= 4 is 17.8 Å². The molecule has 1 saturated carbocycles. The predicted octanol–water partition coefficient (Wildman–Crippen LogP) is 2.22. The molecule has 6 heteroatoms. The first-order chi connectivity index (χ1) is 10.5. The SMILES string of the molecule is C[C@@H]1CC[C@@H]2C(=O)N([C@H](CC(=O)O)c3ccco3)C(=O)[C@H]2C1. The number of carboxylic acids is 1. The maximum atomic E-state index is 12.7. The first-order valence-corrected chi connectivity index (χ1v) is 7.61. The van der Waals surface area contributed by atoms with E-state index in [1.54, 1.807) is 12.1 Å². The second kappa shape index (κ2) is 5.59. The van der Waals surface area contributed by atoms with Gasteiger partial charge >= 0.3 is 5.97 Å². The van der Waals surface area contributed by atoms with Gasteiger partial charge in [0.15, 0.2) is 0 Å². The van der Waals surface area contributed by atoms with E-state index in [4.69, 9.17) is 9.52 Å². The van der Waals surface area contributed by atoms with Crippen molar-refractivity contribution in [2.24, 2.45) is 17.8 Å². The van der Waals surface area contributed by atoms with E-state index < -0.39 is 12.0 Å². The average molecular weight is 305 g/mol. The lowest BCUT2D eigenvalue weighted by molar-refractivity contribution is -0.146. The van der Waals surface area contributed by atoms with Crippen LogP contribution in [-0.2, 0) is 14.4 Å². The molecule has 3 rings (SSSR count). The van der Waals surface area contributed by atoms with Crippen molar-refractivity contribution in [2.75, 3.05) is 0 Å². The van der Waals surface area contributed by atoms with Gasteiger partial charge < -0.3 is 9.52 Å². The fourth-order valence-electron chi connectivity index (χ4n) is 3.69. The van der Waals surface area contributed by atoms with Crippen LogP contribution in [0.4, 0.5) is 0 Å². The third-order valence-corrected chi connectivity index (χ3v) is 4.77. The highest BCUT2D eigenvalue weighted by Crippen LogP contribution is 2.44. The minimum Gasteiger partial charge on any atom is -0.481 e. The molecule has 1 aliphatic heterocycles. The molecule has 0 unspecified atom stereocenters. The molecule has 2 fully saturated rings. The molecule has 118 valence electrons. The Hall–Kier alpha value is -2.11. The molecule has 4 atom stereocenters. The summed E-state index contributed by atoms with van der Waals surface area (Å²) in [6.45, 7) is 2.08. The summed E-state index contributed by atoms with van der Waals surface area (Å²) in [6.07, 6.45) is 3.41. The summed E-state index contributed by atoms with van der Waals surface area (Å²) >= 11 is 0. The topological polar surface area (TPSA) is 87.8 Å². The lowest BCUT2D eigenvalue weighted by Crippen LogP contribution is -2.36. The molecule has 2 amide bonds. The van der Waals surface area contributed by atoms with Crippen LogP contribution in [0.5, 0.6) is 0 Å². The largest absolute Gasteiger partial charge is 0.481 e. The highest BCUT2D eigenvalue weighted by Gasteiger charge is 2.52. The minimum atomic E-state index is -1.06. The van der Waals surface area contributed by atoms with E-state index in [2.05, 4.69) is 6.92 Å². The number of imide groups is 1. The molecule has 0 bridgehead atoms. The number of hydrogen-bond acceptors (Lipinski definition) is 4. The summed E-state index contributed by atoms with van der Waals surface area (Å²) in [6, 6.07) is 2.39. The monoisotopic (exact) mass is 305 g/mol. The average Bonchev–Trinajstić information content (AvgIpc) is 3.06. The van der Waals surface area contributed by atoms with Crippen LogP contribution in [0.1, 0.15) is 44.4 Å². The number of furan rings is 1. The van der Waals surface area contributed by atoms with Gasteiger partial charge in [0.25, 0.3) is 0 Å². The summed E-state index contributed by atoms with van der Waals surface area (Å²) in [5, 5.41) is 9.13. The van der Waals surface area contributed by atoms with Crippen molar-refractivity contribution < 1.29 is 23.9 Å². The Balaban J connectivity index is 1.92. The molecular weight excluding hydrogens is 286 g/mol. The summed E-state index contributed by atoms with van der Waals surface area (Å²) in [5.74, 6) is -1.40. The van der Waals surface area contributed by atoms with Gasteiger partial charge in [-0.2, -0.15) is 0 Å². The van der Waals surface area contributed by atoms with Crippen molar-refractivity contribution in [3.8, 4) is 0 Å². The van der Waals surface area contributed by atoms with Crippen LogP contribution in [0.3, 0.4) is 0 Å². The van der Waals surface area contributed by atoms with E-state index in [1.807, 2.05) is 0 Å². The van der Waals surface area contributed by atoms with E-state index in [0.717, 1.165) is 11.3 Å². The van der Waals surface area contributed by atoms with Gasteiger partial charge in [-0.1, -0.05) is 6.92 Å². The van der Waals surface area contributed by atoms with Crippen LogP contribution in [0.2, 0.25) is 0 Å². The normalized spacial score (nSPS) is 29.5. The Kier molecular flexibility index (Phi) is 3.76. The molecular formula is C16H19NO5. The fourth-order valence-corrected chi connectivity index (χ4v) is 3.69. The standard InChI is InChI=1S/C16H19NO5/c1-9-4-5-10-11(7-9)16(21)17(15(10)20)12(8-14(18)19)13-3-2-6-22-13/h2-3,6,9-12H,4-5,7-8H2,1H3,(H,18,19)/t9-,10+,11+,12-/m1/s1. The second-order valence-corrected chi connectivity index (χ2v) is 6.31. The number of rotatable bonds is 4. The molecule has 2 aliphatic rings. The van der Waals surface area contributed by atoms with Crippen LogP contribution in [0.25, 0.3) is 0 Å². The fraction of sp³-hybridized carbons (Fsp3) is 0.562. The quantitative estimate of drug-likeness (QED) is 0.862. The van der Waals surface area contributed by atoms with E-state index in [0.29, 0.717) is 24.5 Å². The summed E-state index contributed by atoms with van der Waals surface area (Å²) in [7, 11) is 0. The molecule has 0 spiro atoms. The van der Waals surface area contributed by atoms with Crippen LogP contribution < -0.4 is 0 Å². The molecule has 0 radical (unpaired) electrons. The predicted molar refractivity (Wildman–Crippen MR) is 75.5 cm³/mol. The number of likely N-dealkylation sites (tertiary alicyclic amines) is 1. The van der Waals surface area contributed by atoms with Crippen LogP contribution in [0, 0.1) is 17.8 Å². The van der Waals surface area contributed by atoms with E-state index in [9.17, 15) is 14.4 Å². The summed E-state index contributed by atoms with van der Waals surface area (Å²) in [4.78, 5) is 37.6. The number of amides is 2. The van der Waals surface area contributed by atoms with E-state index in [-0.39, 0.29) is 30.1 Å². The Bertz CT molecular complexity index is 594. The molecule has 1 aromatic heterocycles. The lowest BCUT2D eigenvalue weighted by Gasteiger charge is -2.25. The van der Waals surface area contributed by atoms with Gasteiger partial charge in [-0.05, 0) is 37.3 Å². The minimum absolute atomic E-state index is 0.246. The number of hydrogen-bond donors (Lipinski definition) is 1. The molecule has 22 heavy (non-hydrogen) atoms. The molecule has 6 nitrogen and oxygen atoms in total. The van der Waals surface area contributed by atoms with Gasteiger partial charge in [-0.3, -0.25) is 19.3 Å². The number of aliphatic carboxylic acids is 1. The summed E-state index contributed by atoms with van der Waals surface area (Å²) < 4.78 is 5.27. The van der Waals surface area contributed by atoms with Gasteiger partial charge in [0.2, 0.25) is 11.8 Å². The number of carbonyl (C=O) groups is 3. The third-order valence-electron chi connectivity index (χ3n) is 4.77. The van der Waals surface area contributed by atoms with Gasteiger partial charge in [0, 0.05) is 0 Å². The molecule has 1 saturated heterocycles. The lowest BCUT2D eigenvalue weighted by atomic mass is 9.76. The molecule has 1 aliphatic carbocycles. The Morgan fingerprint density at radius 3 is 2.73 bits per heavy atom. The molecule has 0 aromatic carbocycles. The zero-order valence-corrected chi connectivity index (χ0v) is 12.4. The smallest absolute Gasteiger partial charge is 0.305 e. The third kappa shape index (κ3) is 2.42. The number of carbonyl (C=O) groups excluding carboxylic acids is 2. The van der Waals surface area contributed by atoms with Crippen molar-refractivity contribution in [1.82, 2.24) is 4.90 Å². The van der Waals surface area contributed by atoms with Crippen LogP contribution in [-0.4, -0.2) is 27.8 Å². The zero-order valence-electron chi connectivity index (χ0n) is 12.4. The van der Waals surface area contributed by atoms with Crippen LogP contribution in [0.15, 0.2) is 22.8 Å². The van der Waals surface area contributed by atoms with E-state index >= 15 is 0 Å². The maximum Gasteiger partial charge on any atom is 0.305 e. The number of fused-ring (bicyclic) bond motifs is 1. The van der Waals surface area contributed by atoms with Crippen molar-refractivity contribution in [3.63, 3.8) is 0 Å². The highest BCUT2D eigenvalue weighted by atomic mass is 16.4. The van der Waals surface area contributed by atoms with E-state index in [1.165, 1.54) is 6.26 Å². The number of nitrogens with zero attached hydrogens (tertiary/aromatic N) is 1. The van der Waals surface area contributed by atoms with Crippen molar-refractivity contribution in [3.05, 3.63) is 24.2 Å². The van der Waals surface area contributed by atoms with Crippen molar-refractivity contribution in [1.29, 1.82) is 0 Å². The van der Waals surface area contributed by atoms with Crippen LogP contribution >= 0.6 is 0 Å². The highest BCUT2D eigenvalue weighted by molar-refractivity contribution is 6.05. The first kappa shape index (κ1) is 14.8. The number of carboxylic acid groups (broad SMARTS) is 1. The maximum absolute atomic E-state index is 12.7. The Morgan fingerprint density at radius 1 is 1.36 bits per heavy atom. The van der Waals surface area contributed by atoms with Crippen molar-refractivity contribution in [2.45, 2.75) is 38.6 Å². The second-order valence-electron chi connectivity index (χ2n) is 6.31.